The first-order chi connectivity index (χ1) is 13.0. The summed E-state index contributed by atoms with van der Waals surface area (Å²) >= 11 is 5.82. The Morgan fingerprint density at radius 1 is 1.04 bits per heavy atom. The molecule has 144 valence electrons. The highest BCUT2D eigenvalue weighted by molar-refractivity contribution is 6.30. The quantitative estimate of drug-likeness (QED) is 0.610. The summed E-state index contributed by atoms with van der Waals surface area (Å²) in [6, 6.07) is 14.5. The molecule has 0 heterocycles. The van der Waals surface area contributed by atoms with Crippen LogP contribution in [-0.4, -0.2) is 18.4 Å². The third-order valence-corrected chi connectivity index (χ3v) is 4.28. The van der Waals surface area contributed by atoms with E-state index >= 15 is 0 Å². The molecule has 6 heteroatoms. The van der Waals surface area contributed by atoms with Crippen molar-refractivity contribution in [2.75, 3.05) is 11.9 Å². The Bertz CT molecular complexity index is 745. The van der Waals surface area contributed by atoms with E-state index in [0.29, 0.717) is 30.9 Å². The fraction of sp³-hybridized carbons (Fsp3) is 0.333. The smallest absolute Gasteiger partial charge is 0.224 e. The van der Waals surface area contributed by atoms with E-state index in [-0.39, 0.29) is 17.9 Å². The number of benzene rings is 2. The highest BCUT2D eigenvalue weighted by atomic mass is 35.5. The molecule has 0 saturated carbocycles. The molecule has 2 N–H and O–H groups in total. The summed E-state index contributed by atoms with van der Waals surface area (Å²) in [6.45, 7) is 4.21. The van der Waals surface area contributed by atoms with Gasteiger partial charge in [0.1, 0.15) is 5.75 Å². The number of ether oxygens (including phenoxy) is 1. The summed E-state index contributed by atoms with van der Waals surface area (Å²) in [5.74, 6) is 0.693. The molecule has 0 aliphatic carbocycles. The minimum Gasteiger partial charge on any atom is -0.494 e. The average Bonchev–Trinajstić information content (AvgIpc) is 2.67. The second-order valence-corrected chi connectivity index (χ2v) is 6.66. The topological polar surface area (TPSA) is 67.4 Å². The zero-order chi connectivity index (χ0) is 19.6. The molecule has 1 unspecified atom stereocenters. The summed E-state index contributed by atoms with van der Waals surface area (Å²) in [5, 5.41) is 6.44. The Labute approximate surface area is 165 Å². The van der Waals surface area contributed by atoms with E-state index in [1.807, 2.05) is 38.1 Å². The molecule has 0 aromatic heterocycles. The van der Waals surface area contributed by atoms with Crippen molar-refractivity contribution in [2.45, 2.75) is 39.2 Å². The molecule has 27 heavy (non-hydrogen) atoms. The van der Waals surface area contributed by atoms with E-state index in [9.17, 15) is 9.59 Å². The summed E-state index contributed by atoms with van der Waals surface area (Å²) in [6.07, 6.45) is 1.46. The molecule has 0 bridgehead atoms. The van der Waals surface area contributed by atoms with Crippen molar-refractivity contribution in [1.29, 1.82) is 0 Å². The fourth-order valence-electron chi connectivity index (χ4n) is 2.46. The van der Waals surface area contributed by atoms with Crippen molar-refractivity contribution in [2.24, 2.45) is 0 Å². The average molecular weight is 389 g/mol. The summed E-state index contributed by atoms with van der Waals surface area (Å²) < 4.78 is 5.58. The van der Waals surface area contributed by atoms with Crippen LogP contribution in [0.3, 0.4) is 0 Å². The molecule has 0 radical (unpaired) electrons. The fourth-order valence-corrected chi connectivity index (χ4v) is 2.58. The Kier molecular flexibility index (Phi) is 8.14. The molecular formula is C21H25ClN2O3. The SMILES string of the molecule is CCC(=O)Nc1ccc(C(C)NC(=O)CCCOc2ccc(Cl)cc2)cc1. The van der Waals surface area contributed by atoms with Crippen molar-refractivity contribution in [1.82, 2.24) is 5.32 Å². The van der Waals surface area contributed by atoms with Gasteiger partial charge in [0.2, 0.25) is 11.8 Å². The van der Waals surface area contributed by atoms with E-state index in [1.165, 1.54) is 0 Å². The minimum atomic E-state index is -0.106. The molecule has 0 saturated heterocycles. The van der Waals surface area contributed by atoms with Crippen LogP contribution in [0.4, 0.5) is 5.69 Å². The summed E-state index contributed by atoms with van der Waals surface area (Å²) in [5.41, 5.74) is 1.73. The maximum absolute atomic E-state index is 12.1. The normalized spacial score (nSPS) is 11.5. The van der Waals surface area contributed by atoms with Crippen molar-refractivity contribution in [3.05, 3.63) is 59.1 Å². The lowest BCUT2D eigenvalue weighted by atomic mass is 10.1. The van der Waals surface area contributed by atoms with Crippen molar-refractivity contribution >= 4 is 29.1 Å². The predicted molar refractivity (Wildman–Crippen MR) is 108 cm³/mol. The number of hydrogen-bond acceptors (Lipinski definition) is 3. The van der Waals surface area contributed by atoms with Crippen LogP contribution in [-0.2, 0) is 9.59 Å². The number of halogens is 1. The molecule has 2 rings (SSSR count). The first-order valence-electron chi connectivity index (χ1n) is 9.05. The van der Waals surface area contributed by atoms with Crippen molar-refractivity contribution in [3.63, 3.8) is 0 Å². The van der Waals surface area contributed by atoms with E-state index < -0.39 is 0 Å². The molecule has 0 spiro atoms. The molecule has 0 aliphatic heterocycles. The number of anilines is 1. The zero-order valence-electron chi connectivity index (χ0n) is 15.6. The van der Waals surface area contributed by atoms with Gasteiger partial charge in [0.15, 0.2) is 0 Å². The standard InChI is InChI=1S/C21H25ClN2O3/c1-3-20(25)24-18-10-6-16(7-11-18)15(2)23-21(26)5-4-14-27-19-12-8-17(22)9-13-19/h6-13,15H,3-5,14H2,1-2H3,(H,23,26)(H,24,25). The van der Waals surface area contributed by atoms with Gasteiger partial charge in [-0.1, -0.05) is 30.7 Å². The Hall–Kier alpha value is -2.53. The van der Waals surface area contributed by atoms with Gasteiger partial charge in [-0.05, 0) is 55.3 Å². The zero-order valence-corrected chi connectivity index (χ0v) is 16.4. The lowest BCUT2D eigenvalue weighted by Gasteiger charge is -2.15. The molecule has 0 fully saturated rings. The van der Waals surface area contributed by atoms with Gasteiger partial charge in [-0.3, -0.25) is 9.59 Å². The third-order valence-electron chi connectivity index (χ3n) is 4.02. The van der Waals surface area contributed by atoms with Crippen molar-refractivity contribution in [3.8, 4) is 5.75 Å². The number of nitrogens with one attached hydrogen (secondary N) is 2. The monoisotopic (exact) mass is 388 g/mol. The maximum Gasteiger partial charge on any atom is 0.224 e. The van der Waals surface area contributed by atoms with Crippen LogP contribution >= 0.6 is 11.6 Å². The second-order valence-electron chi connectivity index (χ2n) is 6.22. The summed E-state index contributed by atoms with van der Waals surface area (Å²) in [7, 11) is 0. The van der Waals surface area contributed by atoms with Gasteiger partial charge in [-0.15, -0.1) is 0 Å². The minimum absolute atomic E-state index is 0.0226. The number of rotatable bonds is 9. The lowest BCUT2D eigenvalue weighted by Crippen LogP contribution is -2.26. The molecule has 2 aromatic rings. The van der Waals surface area contributed by atoms with Crippen LogP contribution in [0.5, 0.6) is 5.75 Å². The highest BCUT2D eigenvalue weighted by Gasteiger charge is 2.10. The number of carbonyl (C=O) groups excluding carboxylic acids is 2. The largest absolute Gasteiger partial charge is 0.494 e. The number of hydrogen-bond donors (Lipinski definition) is 2. The first-order valence-corrected chi connectivity index (χ1v) is 9.43. The lowest BCUT2D eigenvalue weighted by molar-refractivity contribution is -0.122. The van der Waals surface area contributed by atoms with Crippen molar-refractivity contribution < 1.29 is 14.3 Å². The van der Waals surface area contributed by atoms with Crippen LogP contribution in [0.15, 0.2) is 48.5 Å². The third kappa shape index (κ3) is 7.31. The van der Waals surface area contributed by atoms with Crippen LogP contribution < -0.4 is 15.4 Å². The van der Waals surface area contributed by atoms with Gasteiger partial charge in [-0.25, -0.2) is 0 Å². The molecule has 1 atom stereocenters. The molecule has 2 amide bonds. The Morgan fingerprint density at radius 3 is 2.33 bits per heavy atom. The number of amides is 2. The molecule has 5 nitrogen and oxygen atoms in total. The first kappa shape index (κ1) is 20.8. The van der Waals surface area contributed by atoms with Crippen LogP contribution in [0.25, 0.3) is 0 Å². The maximum atomic E-state index is 12.1. The summed E-state index contributed by atoms with van der Waals surface area (Å²) in [4.78, 5) is 23.5. The van der Waals surface area contributed by atoms with Crippen LogP contribution in [0, 0.1) is 0 Å². The van der Waals surface area contributed by atoms with Crippen LogP contribution in [0.2, 0.25) is 5.02 Å². The highest BCUT2D eigenvalue weighted by Crippen LogP contribution is 2.17. The predicted octanol–water partition coefficient (Wildman–Crippen LogP) is 4.72. The molecular weight excluding hydrogens is 364 g/mol. The van der Waals surface area contributed by atoms with Gasteiger partial charge in [0.05, 0.1) is 12.6 Å². The van der Waals surface area contributed by atoms with Gasteiger partial charge in [-0.2, -0.15) is 0 Å². The van der Waals surface area contributed by atoms with E-state index in [1.54, 1.807) is 24.3 Å². The molecule has 2 aromatic carbocycles. The Balaban J connectivity index is 1.71. The van der Waals surface area contributed by atoms with Gasteiger partial charge < -0.3 is 15.4 Å². The van der Waals surface area contributed by atoms with Gasteiger partial charge in [0.25, 0.3) is 0 Å². The van der Waals surface area contributed by atoms with E-state index in [2.05, 4.69) is 10.6 Å². The van der Waals surface area contributed by atoms with E-state index in [0.717, 1.165) is 17.0 Å². The van der Waals surface area contributed by atoms with Crippen LogP contribution in [0.1, 0.15) is 44.7 Å². The molecule has 0 aliphatic rings. The second kappa shape index (κ2) is 10.6. The van der Waals surface area contributed by atoms with E-state index in [4.69, 9.17) is 16.3 Å². The Morgan fingerprint density at radius 2 is 1.70 bits per heavy atom. The number of carbonyl (C=O) groups is 2. The van der Waals surface area contributed by atoms with Gasteiger partial charge >= 0.3 is 0 Å². The van der Waals surface area contributed by atoms with Gasteiger partial charge in [0, 0.05) is 23.6 Å².